The van der Waals surface area contributed by atoms with Gasteiger partial charge in [-0.15, -0.1) is 0 Å². The number of carboxylic acids is 1. The van der Waals surface area contributed by atoms with Crippen LogP contribution in [0.2, 0.25) is 0 Å². The summed E-state index contributed by atoms with van der Waals surface area (Å²) in [5, 5.41) is 8.62. The van der Waals surface area contributed by atoms with Crippen LogP contribution in [0.3, 0.4) is 0 Å². The third-order valence-corrected chi connectivity index (χ3v) is 3.10. The molecule has 0 fully saturated rings. The fourth-order valence-corrected chi connectivity index (χ4v) is 2.00. The van der Waals surface area contributed by atoms with E-state index in [1.807, 2.05) is 44.2 Å². The van der Waals surface area contributed by atoms with Crippen LogP contribution in [0.15, 0.2) is 30.3 Å². The molecule has 0 aliphatic rings. The van der Waals surface area contributed by atoms with Crippen molar-refractivity contribution in [1.29, 1.82) is 0 Å². The average Bonchev–Trinajstić information content (AvgIpc) is 2.34. The zero-order valence-electron chi connectivity index (χ0n) is 10.9. The van der Waals surface area contributed by atoms with Gasteiger partial charge in [0.2, 0.25) is 0 Å². The van der Waals surface area contributed by atoms with Crippen LogP contribution < -0.4 is 0 Å². The lowest BCUT2D eigenvalue weighted by Gasteiger charge is -2.19. The van der Waals surface area contributed by atoms with Gasteiger partial charge >= 0.3 is 5.97 Å². The molecule has 0 aliphatic carbocycles. The van der Waals surface area contributed by atoms with E-state index in [0.717, 1.165) is 5.56 Å². The Hall–Kier alpha value is -1.64. The molecule has 0 saturated carbocycles. The van der Waals surface area contributed by atoms with E-state index in [2.05, 4.69) is 0 Å². The summed E-state index contributed by atoms with van der Waals surface area (Å²) >= 11 is 0. The van der Waals surface area contributed by atoms with Gasteiger partial charge in [-0.2, -0.15) is 0 Å². The molecule has 98 valence electrons. The van der Waals surface area contributed by atoms with Crippen LogP contribution >= 0.6 is 0 Å². The van der Waals surface area contributed by atoms with Gasteiger partial charge in [0, 0.05) is 12.3 Å². The van der Waals surface area contributed by atoms with Crippen LogP contribution in [0.25, 0.3) is 0 Å². The molecule has 1 aromatic carbocycles. The number of Topliss-reactive ketones (excluding diaryl/α,β-unsaturated/α-hetero) is 1. The maximum absolute atomic E-state index is 12.0. The largest absolute Gasteiger partial charge is 0.481 e. The van der Waals surface area contributed by atoms with Gasteiger partial charge < -0.3 is 5.11 Å². The van der Waals surface area contributed by atoms with E-state index in [0.29, 0.717) is 6.42 Å². The molecule has 1 aromatic rings. The lowest BCUT2D eigenvalue weighted by molar-refractivity contribution is -0.139. The minimum absolute atomic E-state index is 0.0521. The first-order chi connectivity index (χ1) is 8.50. The van der Waals surface area contributed by atoms with Crippen LogP contribution in [-0.4, -0.2) is 16.9 Å². The van der Waals surface area contributed by atoms with Crippen LogP contribution in [-0.2, 0) is 16.0 Å². The van der Waals surface area contributed by atoms with Crippen molar-refractivity contribution in [3.8, 4) is 0 Å². The highest BCUT2D eigenvalue weighted by atomic mass is 16.4. The number of ketones is 1. The normalized spacial score (nSPS) is 12.4. The molecule has 0 saturated heterocycles. The molecule has 1 rings (SSSR count). The minimum Gasteiger partial charge on any atom is -0.481 e. The smallest absolute Gasteiger partial charge is 0.303 e. The number of rotatable bonds is 7. The monoisotopic (exact) mass is 248 g/mol. The first kappa shape index (κ1) is 14.4. The fraction of sp³-hybridized carbons (Fsp3) is 0.467. The Morgan fingerprint density at radius 2 is 1.72 bits per heavy atom. The summed E-state index contributed by atoms with van der Waals surface area (Å²) in [5.41, 5.74) is 1.12. The molecule has 3 heteroatoms. The average molecular weight is 248 g/mol. The topological polar surface area (TPSA) is 54.4 Å². The van der Waals surface area contributed by atoms with E-state index < -0.39 is 5.97 Å². The summed E-state index contributed by atoms with van der Waals surface area (Å²) in [7, 11) is 0. The first-order valence-electron chi connectivity index (χ1n) is 6.29. The van der Waals surface area contributed by atoms with Crippen molar-refractivity contribution in [3.05, 3.63) is 35.9 Å². The van der Waals surface area contributed by atoms with Gasteiger partial charge in [-0.1, -0.05) is 44.2 Å². The number of benzene rings is 1. The van der Waals surface area contributed by atoms with E-state index in [4.69, 9.17) is 5.11 Å². The van der Waals surface area contributed by atoms with Crippen molar-refractivity contribution >= 4 is 11.8 Å². The molecule has 0 bridgehead atoms. The molecule has 0 heterocycles. The zero-order chi connectivity index (χ0) is 13.5. The molecule has 0 aromatic heterocycles. The van der Waals surface area contributed by atoms with Gasteiger partial charge in [0.15, 0.2) is 0 Å². The second kappa shape index (κ2) is 6.94. The second-order valence-corrected chi connectivity index (χ2v) is 4.90. The van der Waals surface area contributed by atoms with Crippen LogP contribution in [0, 0.1) is 11.8 Å². The molecule has 1 atom stereocenters. The zero-order valence-corrected chi connectivity index (χ0v) is 10.9. The molecule has 0 amide bonds. The first-order valence-corrected chi connectivity index (χ1v) is 6.29. The minimum atomic E-state index is -0.912. The van der Waals surface area contributed by atoms with Gasteiger partial charge in [0.25, 0.3) is 0 Å². The Balaban J connectivity index is 2.65. The second-order valence-electron chi connectivity index (χ2n) is 4.90. The molecule has 3 nitrogen and oxygen atoms in total. The number of carboxylic acid groups (broad SMARTS) is 1. The molecule has 18 heavy (non-hydrogen) atoms. The SMILES string of the molecule is CC(C)[C@@H](Cc1ccccc1)C(=O)CCC(=O)O. The van der Waals surface area contributed by atoms with Crippen LogP contribution in [0.5, 0.6) is 0 Å². The third kappa shape index (κ3) is 4.70. The van der Waals surface area contributed by atoms with Crippen molar-refractivity contribution in [3.63, 3.8) is 0 Å². The van der Waals surface area contributed by atoms with Crippen molar-refractivity contribution in [2.75, 3.05) is 0 Å². The quantitative estimate of drug-likeness (QED) is 0.807. The van der Waals surface area contributed by atoms with E-state index >= 15 is 0 Å². The highest BCUT2D eigenvalue weighted by Gasteiger charge is 2.22. The van der Waals surface area contributed by atoms with Crippen molar-refractivity contribution in [2.45, 2.75) is 33.1 Å². The molecule has 0 radical (unpaired) electrons. The predicted octanol–water partition coefficient (Wildman–Crippen LogP) is 2.94. The standard InChI is InChI=1S/C15H20O3/c1-11(2)13(14(16)8-9-15(17)18)10-12-6-4-3-5-7-12/h3-7,11,13H,8-10H2,1-2H3,(H,17,18)/t13-/m1/s1. The van der Waals surface area contributed by atoms with Gasteiger partial charge in [-0.3, -0.25) is 9.59 Å². The Kier molecular flexibility index (Phi) is 5.56. The predicted molar refractivity (Wildman–Crippen MR) is 70.4 cm³/mol. The Morgan fingerprint density at radius 3 is 2.22 bits per heavy atom. The molecular formula is C15H20O3. The van der Waals surface area contributed by atoms with E-state index in [1.54, 1.807) is 0 Å². The third-order valence-electron chi connectivity index (χ3n) is 3.10. The molecule has 0 aliphatic heterocycles. The van der Waals surface area contributed by atoms with Gasteiger partial charge in [0.05, 0.1) is 6.42 Å². The lowest BCUT2D eigenvalue weighted by atomic mass is 9.84. The Labute approximate surface area is 108 Å². The maximum Gasteiger partial charge on any atom is 0.303 e. The van der Waals surface area contributed by atoms with Crippen molar-refractivity contribution < 1.29 is 14.7 Å². The summed E-state index contributed by atoms with van der Waals surface area (Å²) in [6.45, 7) is 4.01. The molecular weight excluding hydrogens is 228 g/mol. The van der Waals surface area contributed by atoms with Crippen molar-refractivity contribution in [1.82, 2.24) is 0 Å². The summed E-state index contributed by atoms with van der Waals surface area (Å²) in [4.78, 5) is 22.5. The number of hydrogen-bond donors (Lipinski definition) is 1. The highest BCUT2D eigenvalue weighted by Crippen LogP contribution is 2.20. The highest BCUT2D eigenvalue weighted by molar-refractivity contribution is 5.84. The van der Waals surface area contributed by atoms with E-state index in [-0.39, 0.29) is 30.5 Å². The summed E-state index contributed by atoms with van der Waals surface area (Å²) in [6.07, 6.45) is 0.749. The van der Waals surface area contributed by atoms with Crippen LogP contribution in [0.1, 0.15) is 32.3 Å². The molecule has 0 unspecified atom stereocenters. The number of carbonyl (C=O) groups excluding carboxylic acids is 1. The molecule has 0 spiro atoms. The van der Waals surface area contributed by atoms with Gasteiger partial charge in [0.1, 0.15) is 5.78 Å². The lowest BCUT2D eigenvalue weighted by Crippen LogP contribution is -2.23. The Bertz CT molecular complexity index is 395. The molecule has 1 N–H and O–H groups in total. The number of hydrogen-bond acceptors (Lipinski definition) is 2. The van der Waals surface area contributed by atoms with E-state index in [1.165, 1.54) is 0 Å². The summed E-state index contributed by atoms with van der Waals surface area (Å²) in [6, 6.07) is 9.85. The van der Waals surface area contributed by atoms with Gasteiger partial charge in [-0.25, -0.2) is 0 Å². The number of carbonyl (C=O) groups is 2. The van der Waals surface area contributed by atoms with Gasteiger partial charge in [-0.05, 0) is 17.9 Å². The van der Waals surface area contributed by atoms with E-state index in [9.17, 15) is 9.59 Å². The maximum atomic E-state index is 12.0. The fourth-order valence-electron chi connectivity index (χ4n) is 2.00. The summed E-state index contributed by atoms with van der Waals surface area (Å²) < 4.78 is 0. The van der Waals surface area contributed by atoms with Crippen molar-refractivity contribution in [2.24, 2.45) is 11.8 Å². The number of aliphatic carboxylic acids is 1. The van der Waals surface area contributed by atoms with Crippen LogP contribution in [0.4, 0.5) is 0 Å². The Morgan fingerprint density at radius 1 is 1.11 bits per heavy atom. The summed E-state index contributed by atoms with van der Waals surface area (Å²) in [5.74, 6) is -0.722.